The molecule has 0 spiro atoms. The summed E-state index contributed by atoms with van der Waals surface area (Å²) >= 11 is 9.73. The van der Waals surface area contributed by atoms with E-state index in [4.69, 9.17) is 16.3 Å². The number of rotatable bonds is 5. The Balaban J connectivity index is 1.74. The third kappa shape index (κ3) is 4.19. The summed E-state index contributed by atoms with van der Waals surface area (Å²) in [7, 11) is 0. The van der Waals surface area contributed by atoms with Crippen molar-refractivity contribution >= 4 is 33.4 Å². The van der Waals surface area contributed by atoms with Crippen LogP contribution in [0.1, 0.15) is 22.1 Å². The summed E-state index contributed by atoms with van der Waals surface area (Å²) in [5, 5.41) is 3.72. The van der Waals surface area contributed by atoms with Crippen LogP contribution in [0.2, 0.25) is 5.02 Å². The predicted molar refractivity (Wildman–Crippen MR) is 97.4 cm³/mol. The zero-order chi connectivity index (χ0) is 16.9. The van der Waals surface area contributed by atoms with Gasteiger partial charge >= 0.3 is 0 Å². The highest BCUT2D eigenvalue weighted by Crippen LogP contribution is 2.27. The second-order valence-electron chi connectivity index (χ2n) is 5.63. The molecular weight excluding hydrogens is 394 g/mol. The summed E-state index contributed by atoms with van der Waals surface area (Å²) in [5.41, 5.74) is 1.55. The number of hydrogen-bond donors (Lipinski definition) is 2. The van der Waals surface area contributed by atoms with Gasteiger partial charge in [-0.05, 0) is 33.6 Å². The second kappa shape index (κ2) is 8.16. The van der Waals surface area contributed by atoms with E-state index in [1.807, 2.05) is 24.3 Å². The number of aromatic nitrogens is 1. The first-order chi connectivity index (χ1) is 11.6. The van der Waals surface area contributed by atoms with Gasteiger partial charge in [0.25, 0.3) is 5.91 Å². The van der Waals surface area contributed by atoms with Crippen molar-refractivity contribution in [2.75, 3.05) is 32.8 Å². The van der Waals surface area contributed by atoms with Crippen LogP contribution in [0.15, 0.2) is 41.0 Å². The molecule has 1 atom stereocenters. The maximum absolute atomic E-state index is 12.3. The molecule has 5 nitrogen and oxygen atoms in total. The minimum atomic E-state index is -0.133. The Labute approximate surface area is 154 Å². The summed E-state index contributed by atoms with van der Waals surface area (Å²) in [6.45, 7) is 3.51. The van der Waals surface area contributed by atoms with Gasteiger partial charge in [0.05, 0.1) is 19.3 Å². The van der Waals surface area contributed by atoms with E-state index >= 15 is 0 Å². The molecule has 2 aromatic rings. The molecule has 0 aliphatic carbocycles. The normalized spacial score (nSPS) is 16.8. The van der Waals surface area contributed by atoms with Crippen molar-refractivity contribution < 1.29 is 9.53 Å². The quantitative estimate of drug-likeness (QED) is 0.793. The van der Waals surface area contributed by atoms with E-state index in [1.54, 1.807) is 12.3 Å². The number of benzene rings is 1. The molecule has 1 saturated heterocycles. The molecule has 128 valence electrons. The van der Waals surface area contributed by atoms with Gasteiger partial charge in [-0.2, -0.15) is 0 Å². The third-order valence-corrected chi connectivity index (χ3v) is 4.90. The minimum absolute atomic E-state index is 0.0185. The lowest BCUT2D eigenvalue weighted by molar-refractivity contribution is 0.0162. The number of carbonyl (C=O) groups is 1. The van der Waals surface area contributed by atoms with Crippen molar-refractivity contribution in [3.05, 3.63) is 57.3 Å². The molecule has 1 aliphatic rings. The summed E-state index contributed by atoms with van der Waals surface area (Å²) in [5.74, 6) is -0.133. The van der Waals surface area contributed by atoms with E-state index in [-0.39, 0.29) is 11.9 Å². The molecule has 1 amide bonds. The molecule has 1 aliphatic heterocycles. The molecule has 24 heavy (non-hydrogen) atoms. The average molecular weight is 413 g/mol. The molecule has 1 fully saturated rings. The molecule has 1 aromatic carbocycles. The Morgan fingerprint density at radius 1 is 1.38 bits per heavy atom. The summed E-state index contributed by atoms with van der Waals surface area (Å²) in [4.78, 5) is 17.6. The van der Waals surface area contributed by atoms with Crippen LogP contribution in [0, 0.1) is 0 Å². The van der Waals surface area contributed by atoms with E-state index in [9.17, 15) is 4.79 Å². The van der Waals surface area contributed by atoms with Crippen molar-refractivity contribution in [3.63, 3.8) is 0 Å². The van der Waals surface area contributed by atoms with Crippen molar-refractivity contribution in [2.45, 2.75) is 6.04 Å². The van der Waals surface area contributed by atoms with Gasteiger partial charge in [0.1, 0.15) is 5.69 Å². The predicted octanol–water partition coefficient (Wildman–Crippen LogP) is 3.23. The first kappa shape index (κ1) is 17.5. The molecule has 0 saturated carbocycles. The number of halogens is 2. The van der Waals surface area contributed by atoms with Gasteiger partial charge in [0.2, 0.25) is 0 Å². The number of amides is 1. The fraction of sp³-hybridized carbons (Fsp3) is 0.353. The van der Waals surface area contributed by atoms with Gasteiger partial charge in [0, 0.05) is 35.3 Å². The molecule has 2 N–H and O–H groups in total. The highest BCUT2D eigenvalue weighted by Gasteiger charge is 2.25. The lowest BCUT2D eigenvalue weighted by Gasteiger charge is -2.35. The highest BCUT2D eigenvalue weighted by molar-refractivity contribution is 9.10. The number of nitrogens with one attached hydrogen (secondary N) is 2. The van der Waals surface area contributed by atoms with E-state index in [1.165, 1.54) is 0 Å². The van der Waals surface area contributed by atoms with Crippen LogP contribution in [-0.2, 0) is 4.74 Å². The Kier molecular flexibility index (Phi) is 5.94. The largest absolute Gasteiger partial charge is 0.379 e. The number of aromatic amines is 1. The first-order valence-electron chi connectivity index (χ1n) is 7.83. The van der Waals surface area contributed by atoms with Gasteiger partial charge in [0.15, 0.2) is 0 Å². The molecule has 1 aromatic heterocycles. The number of nitrogens with zero attached hydrogens (tertiary/aromatic N) is 1. The van der Waals surface area contributed by atoms with E-state index in [2.05, 4.69) is 31.1 Å². The Hall–Kier alpha value is -1.34. The van der Waals surface area contributed by atoms with Gasteiger partial charge in [-0.25, -0.2) is 0 Å². The van der Waals surface area contributed by atoms with Crippen molar-refractivity contribution in [2.24, 2.45) is 0 Å². The molecule has 7 heteroatoms. The summed E-state index contributed by atoms with van der Waals surface area (Å²) < 4.78 is 6.29. The Bertz CT molecular complexity index is 701. The summed E-state index contributed by atoms with van der Waals surface area (Å²) in [6, 6.07) is 9.56. The minimum Gasteiger partial charge on any atom is -0.379 e. The zero-order valence-corrected chi connectivity index (χ0v) is 15.4. The number of H-pyrrole nitrogens is 1. The monoisotopic (exact) mass is 411 g/mol. The Morgan fingerprint density at radius 3 is 2.79 bits per heavy atom. The first-order valence-corrected chi connectivity index (χ1v) is 9.00. The lowest BCUT2D eigenvalue weighted by Crippen LogP contribution is -2.44. The standard InChI is InChI=1S/C17H19BrClN3O2/c18-12-9-15(20-10-12)17(23)21-11-16(22-5-7-24-8-6-22)13-3-1-2-4-14(13)19/h1-4,9-10,16,20H,5-8,11H2,(H,21,23)/t16-/m1/s1. The van der Waals surface area contributed by atoms with E-state index in [0.717, 1.165) is 23.1 Å². The van der Waals surface area contributed by atoms with Gasteiger partial charge < -0.3 is 15.0 Å². The third-order valence-electron chi connectivity index (χ3n) is 4.10. The number of hydrogen-bond acceptors (Lipinski definition) is 3. The number of morpholine rings is 1. The molecule has 2 heterocycles. The lowest BCUT2D eigenvalue weighted by atomic mass is 10.0. The van der Waals surface area contributed by atoms with Gasteiger partial charge in [-0.15, -0.1) is 0 Å². The van der Waals surface area contributed by atoms with Crippen LogP contribution in [0.3, 0.4) is 0 Å². The van der Waals surface area contributed by atoms with Gasteiger partial charge in [-0.3, -0.25) is 9.69 Å². The highest BCUT2D eigenvalue weighted by atomic mass is 79.9. The van der Waals surface area contributed by atoms with Crippen LogP contribution in [0.5, 0.6) is 0 Å². The van der Waals surface area contributed by atoms with Crippen molar-refractivity contribution in [3.8, 4) is 0 Å². The number of ether oxygens (including phenoxy) is 1. The van der Waals surface area contributed by atoms with Crippen LogP contribution in [0.4, 0.5) is 0 Å². The molecular formula is C17H19BrClN3O2. The van der Waals surface area contributed by atoms with E-state index in [0.29, 0.717) is 30.5 Å². The fourth-order valence-corrected chi connectivity index (χ4v) is 3.46. The molecule has 0 radical (unpaired) electrons. The Morgan fingerprint density at radius 2 is 2.12 bits per heavy atom. The van der Waals surface area contributed by atoms with Crippen LogP contribution in [-0.4, -0.2) is 48.6 Å². The summed E-state index contributed by atoms with van der Waals surface area (Å²) in [6.07, 6.45) is 1.74. The molecule has 0 unspecified atom stereocenters. The smallest absolute Gasteiger partial charge is 0.267 e. The van der Waals surface area contributed by atoms with Crippen LogP contribution in [0.25, 0.3) is 0 Å². The number of carbonyl (C=O) groups excluding carboxylic acids is 1. The van der Waals surface area contributed by atoms with Crippen molar-refractivity contribution in [1.82, 2.24) is 15.2 Å². The van der Waals surface area contributed by atoms with E-state index < -0.39 is 0 Å². The zero-order valence-electron chi connectivity index (χ0n) is 13.1. The van der Waals surface area contributed by atoms with Crippen molar-refractivity contribution in [1.29, 1.82) is 0 Å². The topological polar surface area (TPSA) is 57.4 Å². The van der Waals surface area contributed by atoms with Crippen LogP contribution >= 0.6 is 27.5 Å². The SMILES string of the molecule is O=C(NC[C@H](c1ccccc1Cl)N1CCOCC1)c1cc(Br)c[nH]1. The molecule has 3 rings (SSSR count). The maximum atomic E-state index is 12.3. The fourth-order valence-electron chi connectivity index (χ4n) is 2.85. The maximum Gasteiger partial charge on any atom is 0.267 e. The average Bonchev–Trinajstić information content (AvgIpc) is 3.04. The molecule has 0 bridgehead atoms. The van der Waals surface area contributed by atoms with Crippen LogP contribution < -0.4 is 5.32 Å². The second-order valence-corrected chi connectivity index (χ2v) is 6.95. The van der Waals surface area contributed by atoms with Gasteiger partial charge in [-0.1, -0.05) is 29.8 Å².